The van der Waals surface area contributed by atoms with E-state index in [0.717, 1.165) is 35.5 Å². The van der Waals surface area contributed by atoms with Crippen molar-refractivity contribution in [1.29, 1.82) is 0 Å². The first-order valence-corrected chi connectivity index (χ1v) is 15.0. The molecule has 3 rings (SSSR count). The number of Topliss-reactive ketones (excluding diaryl/α,β-unsaturated/α-hetero) is 1. The third-order valence-corrected chi connectivity index (χ3v) is 9.53. The van der Waals surface area contributed by atoms with Gasteiger partial charge in [-0.3, -0.25) is 9.59 Å². The van der Waals surface area contributed by atoms with Crippen molar-refractivity contribution in [1.82, 2.24) is 4.98 Å². The Morgan fingerprint density at radius 3 is 2.53 bits per heavy atom. The van der Waals surface area contributed by atoms with E-state index in [2.05, 4.69) is 11.9 Å². The van der Waals surface area contributed by atoms with Crippen LogP contribution in [0.25, 0.3) is 6.08 Å². The number of hydrogen-bond acceptors (Lipinski definition) is 8. The minimum atomic E-state index is -1.24. The van der Waals surface area contributed by atoms with Gasteiger partial charge < -0.3 is 19.7 Å². The molecule has 0 saturated carbocycles. The second-order valence-electron chi connectivity index (χ2n) is 12.3. The molecule has 0 spiro atoms. The zero-order chi connectivity index (χ0) is 28.4. The molecule has 38 heavy (non-hydrogen) atoms. The molecule has 8 heteroatoms. The quantitative estimate of drug-likeness (QED) is 0.377. The molecule has 1 aromatic heterocycles. The summed E-state index contributed by atoms with van der Waals surface area (Å²) in [7, 11) is 0. The lowest BCUT2D eigenvalue weighted by Gasteiger charge is -2.37. The van der Waals surface area contributed by atoms with Crippen LogP contribution in [0.3, 0.4) is 0 Å². The number of aliphatic hydroxyl groups is 2. The van der Waals surface area contributed by atoms with E-state index < -0.39 is 41.5 Å². The molecule has 2 saturated heterocycles. The molecule has 2 aliphatic rings. The fraction of sp³-hybridized carbons (Fsp3) is 0.767. The van der Waals surface area contributed by atoms with Crippen molar-refractivity contribution in [3.63, 3.8) is 0 Å². The zero-order valence-corrected chi connectivity index (χ0v) is 25.1. The van der Waals surface area contributed by atoms with Gasteiger partial charge in [0.1, 0.15) is 11.9 Å². The van der Waals surface area contributed by atoms with Gasteiger partial charge in [0.15, 0.2) is 0 Å². The van der Waals surface area contributed by atoms with Gasteiger partial charge in [-0.25, -0.2) is 4.98 Å². The van der Waals surface area contributed by atoms with E-state index in [0.29, 0.717) is 19.3 Å². The van der Waals surface area contributed by atoms with Crippen LogP contribution in [-0.4, -0.2) is 57.0 Å². The van der Waals surface area contributed by atoms with Crippen molar-refractivity contribution in [2.24, 2.45) is 23.2 Å². The summed E-state index contributed by atoms with van der Waals surface area (Å²) >= 11 is 1.57. The number of ether oxygens (including phenoxy) is 2. The highest BCUT2D eigenvalue weighted by molar-refractivity contribution is 7.09. The number of ketones is 1. The molecule has 0 radical (unpaired) electrons. The summed E-state index contributed by atoms with van der Waals surface area (Å²) in [5.41, 5.74) is 0.154. The van der Waals surface area contributed by atoms with Gasteiger partial charge in [0.25, 0.3) is 0 Å². The van der Waals surface area contributed by atoms with Crippen LogP contribution in [0.1, 0.15) is 97.7 Å². The van der Waals surface area contributed by atoms with Gasteiger partial charge in [0, 0.05) is 17.7 Å². The average molecular weight is 550 g/mol. The Bertz CT molecular complexity index is 1020. The number of aromatic nitrogens is 1. The molecule has 2 unspecified atom stereocenters. The van der Waals surface area contributed by atoms with Crippen LogP contribution in [0.15, 0.2) is 11.0 Å². The van der Waals surface area contributed by atoms with Crippen LogP contribution >= 0.6 is 11.3 Å². The first kappa shape index (κ1) is 30.9. The number of nitrogens with zero attached hydrogens (tertiary/aromatic N) is 1. The zero-order valence-electron chi connectivity index (χ0n) is 24.3. The summed E-state index contributed by atoms with van der Waals surface area (Å²) in [6.07, 6.45) is 3.30. The predicted molar refractivity (Wildman–Crippen MR) is 150 cm³/mol. The summed E-state index contributed by atoms with van der Waals surface area (Å²) in [5.74, 6) is -2.36. The first-order valence-electron chi connectivity index (χ1n) is 14.1. The summed E-state index contributed by atoms with van der Waals surface area (Å²) in [6.45, 7) is 15.0. The van der Waals surface area contributed by atoms with E-state index in [1.165, 1.54) is 0 Å². The van der Waals surface area contributed by atoms with Gasteiger partial charge >= 0.3 is 5.97 Å². The maximum atomic E-state index is 13.6. The van der Waals surface area contributed by atoms with E-state index >= 15 is 0 Å². The Hall–Kier alpha value is -1.61. The summed E-state index contributed by atoms with van der Waals surface area (Å²) in [6, 6.07) is 0. The van der Waals surface area contributed by atoms with Crippen molar-refractivity contribution in [3.05, 3.63) is 21.7 Å². The number of esters is 1. The van der Waals surface area contributed by atoms with Crippen molar-refractivity contribution in [2.75, 3.05) is 0 Å². The molecule has 0 amide bonds. The van der Waals surface area contributed by atoms with Gasteiger partial charge in [-0.05, 0) is 57.6 Å². The summed E-state index contributed by atoms with van der Waals surface area (Å²) < 4.78 is 12.3. The second kappa shape index (κ2) is 12.3. The monoisotopic (exact) mass is 549 g/mol. The molecule has 2 N–H and O–H groups in total. The Balaban J connectivity index is 1.96. The second-order valence-corrected chi connectivity index (χ2v) is 13.4. The Kier molecular flexibility index (Phi) is 9.99. The number of epoxide rings is 1. The maximum absolute atomic E-state index is 13.6. The number of carbonyl (C=O) groups is 2. The van der Waals surface area contributed by atoms with E-state index in [1.54, 1.807) is 32.1 Å². The molecular weight excluding hydrogens is 502 g/mol. The molecule has 3 heterocycles. The lowest BCUT2D eigenvalue weighted by molar-refractivity contribution is -0.163. The van der Waals surface area contributed by atoms with E-state index in [4.69, 9.17) is 9.47 Å². The molecule has 0 aliphatic carbocycles. The predicted octanol–water partition coefficient (Wildman–Crippen LogP) is 5.50. The third kappa shape index (κ3) is 6.93. The highest BCUT2D eigenvalue weighted by Crippen LogP contribution is 2.45. The van der Waals surface area contributed by atoms with E-state index in [-0.39, 0.29) is 23.4 Å². The normalized spacial score (nSPS) is 37.4. The number of aryl methyl sites for hydroxylation is 1. The largest absolute Gasteiger partial charge is 0.457 e. The number of carbonyl (C=O) groups excluding carboxylic acids is 2. The SMILES string of the molecule is CCCC1C(=O)OC(C(C)=Cc2csc(C)n2)C[C@@H]2O[C@]2(C)CCC[C@H](C)[C@H](O)[C@@H](C)C(=O)C(C)(C)[C@H]1O. The highest BCUT2D eigenvalue weighted by Gasteiger charge is 2.53. The Morgan fingerprint density at radius 2 is 1.92 bits per heavy atom. The molecule has 7 nitrogen and oxygen atoms in total. The first-order chi connectivity index (χ1) is 17.7. The molecule has 1 aromatic rings. The molecule has 0 bridgehead atoms. The number of fused-ring (bicyclic) bond motifs is 1. The number of thiazole rings is 1. The van der Waals surface area contributed by atoms with Crippen molar-refractivity contribution >= 4 is 29.2 Å². The van der Waals surface area contributed by atoms with Gasteiger partial charge in [-0.15, -0.1) is 11.3 Å². The van der Waals surface area contributed by atoms with Crippen LogP contribution in [0.4, 0.5) is 0 Å². The Labute approximate surface area is 232 Å². The molecule has 2 aliphatic heterocycles. The number of hydrogen-bond donors (Lipinski definition) is 2. The molecule has 0 aromatic carbocycles. The fourth-order valence-electron chi connectivity index (χ4n) is 5.87. The van der Waals surface area contributed by atoms with Gasteiger partial charge in [0.2, 0.25) is 0 Å². The van der Waals surface area contributed by atoms with Crippen molar-refractivity contribution in [3.8, 4) is 0 Å². The number of aliphatic hydroxyl groups excluding tert-OH is 2. The summed E-state index contributed by atoms with van der Waals surface area (Å²) in [4.78, 5) is 31.7. The molecule has 2 fully saturated rings. The lowest BCUT2D eigenvalue weighted by atomic mass is 9.70. The smallest absolute Gasteiger partial charge is 0.312 e. The minimum Gasteiger partial charge on any atom is -0.457 e. The van der Waals surface area contributed by atoms with Gasteiger partial charge in [0.05, 0.1) is 45.9 Å². The molecule has 8 atom stereocenters. The van der Waals surface area contributed by atoms with E-state index in [9.17, 15) is 19.8 Å². The van der Waals surface area contributed by atoms with Crippen LogP contribution < -0.4 is 0 Å². The molecular formula is C30H47NO6S. The van der Waals surface area contributed by atoms with Crippen LogP contribution in [0.5, 0.6) is 0 Å². The van der Waals surface area contributed by atoms with Gasteiger partial charge in [-0.2, -0.15) is 0 Å². The number of cyclic esters (lactones) is 1. The summed E-state index contributed by atoms with van der Waals surface area (Å²) in [5, 5.41) is 25.4. The fourth-order valence-corrected chi connectivity index (χ4v) is 6.44. The van der Waals surface area contributed by atoms with Crippen LogP contribution in [-0.2, 0) is 19.1 Å². The lowest BCUT2D eigenvalue weighted by Crippen LogP contribution is -2.49. The average Bonchev–Trinajstić information content (AvgIpc) is 3.30. The number of rotatable bonds is 4. The Morgan fingerprint density at radius 1 is 1.24 bits per heavy atom. The van der Waals surface area contributed by atoms with Crippen molar-refractivity contribution in [2.45, 2.75) is 124 Å². The standard InChI is InChI=1S/C30H47NO6S/c1-9-11-22-27(34)29(6,7)26(33)19(4)25(32)17(2)12-10-13-30(8)24(37-30)15-23(36-28(22)35)18(3)14-21-16-38-20(5)31-21/h14,16-17,19,22-25,27,32,34H,9-13,15H2,1-8H3/t17-,19+,22?,23?,24-,25-,27-,30+/m0/s1. The highest BCUT2D eigenvalue weighted by atomic mass is 32.1. The van der Waals surface area contributed by atoms with Crippen molar-refractivity contribution < 1.29 is 29.3 Å². The molecule has 214 valence electrons. The maximum Gasteiger partial charge on any atom is 0.312 e. The van der Waals surface area contributed by atoms with Crippen LogP contribution in [0, 0.1) is 30.1 Å². The van der Waals surface area contributed by atoms with E-state index in [1.807, 2.05) is 39.2 Å². The van der Waals surface area contributed by atoms with Gasteiger partial charge in [-0.1, -0.05) is 47.5 Å². The topological polar surface area (TPSA) is 109 Å². The van der Waals surface area contributed by atoms with Crippen LogP contribution in [0.2, 0.25) is 0 Å². The third-order valence-electron chi connectivity index (χ3n) is 8.74. The minimum absolute atomic E-state index is 0.0551.